The number of carbonyl (C=O) groups excluding carboxylic acids is 1. The molecule has 0 fully saturated rings. The van der Waals surface area contributed by atoms with Crippen LogP contribution in [0.25, 0.3) is 0 Å². The monoisotopic (exact) mass is 285 g/mol. The Bertz CT molecular complexity index is 446. The number of carboxylic acid groups (broad SMARTS) is 1. The van der Waals surface area contributed by atoms with Gasteiger partial charge in [-0.2, -0.15) is 0 Å². The fraction of sp³-hybridized carbons (Fsp3) is 0.385. The first-order valence-corrected chi connectivity index (χ1v) is 6.27. The summed E-state index contributed by atoms with van der Waals surface area (Å²) in [5, 5.41) is 11.8. The minimum atomic E-state index is -1.06. The Kier molecular flexibility index (Phi) is 5.63. The predicted molar refractivity (Wildman–Crippen MR) is 71.4 cm³/mol. The van der Waals surface area contributed by atoms with Crippen LogP contribution < -0.4 is 10.1 Å². The van der Waals surface area contributed by atoms with Gasteiger partial charge in [-0.15, -0.1) is 0 Å². The number of hydrogen-bond acceptors (Lipinski definition) is 3. The van der Waals surface area contributed by atoms with Gasteiger partial charge in [0.2, 0.25) is 0 Å². The Morgan fingerprint density at radius 1 is 1.37 bits per heavy atom. The van der Waals surface area contributed by atoms with Crippen molar-refractivity contribution in [3.05, 3.63) is 29.3 Å². The highest BCUT2D eigenvalue weighted by Gasteiger charge is 2.22. The van der Waals surface area contributed by atoms with E-state index < -0.39 is 24.0 Å². The lowest BCUT2D eigenvalue weighted by atomic mass is 10.2. The summed E-state index contributed by atoms with van der Waals surface area (Å²) in [7, 11) is 0. The molecule has 1 aromatic rings. The van der Waals surface area contributed by atoms with Gasteiger partial charge in [0.1, 0.15) is 11.8 Å². The topological polar surface area (TPSA) is 75.6 Å². The summed E-state index contributed by atoms with van der Waals surface area (Å²) in [5.74, 6) is -1.03. The molecule has 5 nitrogen and oxygen atoms in total. The van der Waals surface area contributed by atoms with Crippen molar-refractivity contribution < 1.29 is 19.4 Å². The number of benzene rings is 1. The van der Waals surface area contributed by atoms with E-state index in [1.54, 1.807) is 38.1 Å². The van der Waals surface area contributed by atoms with Gasteiger partial charge in [0.25, 0.3) is 5.91 Å². The summed E-state index contributed by atoms with van der Waals surface area (Å²) in [6.45, 7) is 3.24. The van der Waals surface area contributed by atoms with Crippen LogP contribution >= 0.6 is 11.6 Å². The molecule has 0 aliphatic heterocycles. The zero-order valence-corrected chi connectivity index (χ0v) is 11.5. The summed E-state index contributed by atoms with van der Waals surface area (Å²) < 4.78 is 5.39. The van der Waals surface area contributed by atoms with E-state index >= 15 is 0 Å². The molecule has 0 saturated heterocycles. The van der Waals surface area contributed by atoms with E-state index in [-0.39, 0.29) is 0 Å². The van der Waals surface area contributed by atoms with Crippen molar-refractivity contribution >= 4 is 23.5 Å². The third kappa shape index (κ3) is 4.79. The molecule has 0 saturated carbocycles. The number of carboxylic acids is 1. The van der Waals surface area contributed by atoms with Crippen LogP contribution in [0.5, 0.6) is 5.75 Å². The number of nitrogens with one attached hydrogen (secondary N) is 1. The van der Waals surface area contributed by atoms with Gasteiger partial charge in [-0.25, -0.2) is 4.79 Å². The first-order chi connectivity index (χ1) is 8.93. The molecule has 2 N–H and O–H groups in total. The molecule has 1 amide bonds. The van der Waals surface area contributed by atoms with Crippen LogP contribution in [0, 0.1) is 0 Å². The molecule has 2 atom stereocenters. The van der Waals surface area contributed by atoms with Crippen LogP contribution in [-0.4, -0.2) is 29.1 Å². The van der Waals surface area contributed by atoms with Crippen LogP contribution in [0.1, 0.15) is 20.3 Å². The van der Waals surface area contributed by atoms with Crippen molar-refractivity contribution in [3.8, 4) is 5.75 Å². The molecular formula is C13H16ClNO4. The van der Waals surface area contributed by atoms with Gasteiger partial charge in [0, 0.05) is 5.02 Å². The number of aliphatic carboxylic acids is 1. The fourth-order valence-electron chi connectivity index (χ4n) is 1.40. The average molecular weight is 286 g/mol. The van der Waals surface area contributed by atoms with E-state index in [0.717, 1.165) is 0 Å². The SMILES string of the molecule is CC[C@@H](NC(=O)C(C)Oc1ccc(Cl)cc1)C(=O)O. The number of rotatable bonds is 6. The van der Waals surface area contributed by atoms with Crippen LogP contribution in [-0.2, 0) is 9.59 Å². The predicted octanol–water partition coefficient (Wildman–Crippen LogP) is 2.09. The average Bonchev–Trinajstić information content (AvgIpc) is 2.37. The van der Waals surface area contributed by atoms with Gasteiger partial charge < -0.3 is 15.2 Å². The largest absolute Gasteiger partial charge is 0.481 e. The molecule has 1 rings (SSSR count). The number of amides is 1. The minimum absolute atomic E-state index is 0.314. The number of ether oxygens (including phenoxy) is 1. The quantitative estimate of drug-likeness (QED) is 0.839. The molecule has 0 bridgehead atoms. The van der Waals surface area contributed by atoms with Crippen molar-refractivity contribution in [3.63, 3.8) is 0 Å². The lowest BCUT2D eigenvalue weighted by molar-refractivity contribution is -0.143. The number of halogens is 1. The molecule has 6 heteroatoms. The van der Waals surface area contributed by atoms with E-state index in [0.29, 0.717) is 17.2 Å². The van der Waals surface area contributed by atoms with Gasteiger partial charge >= 0.3 is 5.97 Å². The van der Waals surface area contributed by atoms with Crippen LogP contribution in [0.4, 0.5) is 0 Å². The second kappa shape index (κ2) is 6.99. The molecule has 0 radical (unpaired) electrons. The molecule has 0 aromatic heterocycles. The standard InChI is InChI=1S/C13H16ClNO4/c1-3-11(13(17)18)15-12(16)8(2)19-10-6-4-9(14)5-7-10/h4-8,11H,3H2,1-2H3,(H,15,16)(H,17,18)/t8?,11-/m1/s1. The zero-order chi connectivity index (χ0) is 14.4. The summed E-state index contributed by atoms with van der Waals surface area (Å²) >= 11 is 5.73. The fourth-order valence-corrected chi connectivity index (χ4v) is 1.52. The zero-order valence-electron chi connectivity index (χ0n) is 10.7. The molecule has 1 aromatic carbocycles. The Balaban J connectivity index is 2.57. The molecule has 104 valence electrons. The van der Waals surface area contributed by atoms with Crippen molar-refractivity contribution in [2.24, 2.45) is 0 Å². The minimum Gasteiger partial charge on any atom is -0.481 e. The second-order valence-corrected chi connectivity index (χ2v) is 4.46. The Hall–Kier alpha value is -1.75. The highest BCUT2D eigenvalue weighted by atomic mass is 35.5. The van der Waals surface area contributed by atoms with E-state index in [1.165, 1.54) is 0 Å². The number of hydrogen-bond donors (Lipinski definition) is 2. The van der Waals surface area contributed by atoms with E-state index in [4.69, 9.17) is 21.4 Å². The van der Waals surface area contributed by atoms with Crippen molar-refractivity contribution in [2.45, 2.75) is 32.4 Å². The lowest BCUT2D eigenvalue weighted by Gasteiger charge is -2.17. The summed E-state index contributed by atoms with van der Waals surface area (Å²) in [4.78, 5) is 22.6. The van der Waals surface area contributed by atoms with Crippen molar-refractivity contribution in [1.82, 2.24) is 5.32 Å². The maximum atomic E-state index is 11.8. The lowest BCUT2D eigenvalue weighted by Crippen LogP contribution is -2.45. The van der Waals surface area contributed by atoms with Gasteiger partial charge in [0.05, 0.1) is 0 Å². The highest BCUT2D eigenvalue weighted by molar-refractivity contribution is 6.30. The van der Waals surface area contributed by atoms with E-state index in [1.807, 2.05) is 0 Å². The van der Waals surface area contributed by atoms with Crippen molar-refractivity contribution in [2.75, 3.05) is 0 Å². The van der Waals surface area contributed by atoms with Gasteiger partial charge in [-0.3, -0.25) is 4.79 Å². The van der Waals surface area contributed by atoms with Gasteiger partial charge in [0.15, 0.2) is 6.10 Å². The maximum Gasteiger partial charge on any atom is 0.326 e. The smallest absolute Gasteiger partial charge is 0.326 e. The van der Waals surface area contributed by atoms with Crippen LogP contribution in [0.15, 0.2) is 24.3 Å². The molecule has 0 aliphatic carbocycles. The van der Waals surface area contributed by atoms with Gasteiger partial charge in [-0.05, 0) is 37.6 Å². The molecule has 0 spiro atoms. The highest BCUT2D eigenvalue weighted by Crippen LogP contribution is 2.16. The Labute approximate surface area is 116 Å². The van der Waals surface area contributed by atoms with Crippen LogP contribution in [0.3, 0.4) is 0 Å². The van der Waals surface area contributed by atoms with Crippen molar-refractivity contribution in [1.29, 1.82) is 0 Å². The first kappa shape index (κ1) is 15.3. The molecule has 0 heterocycles. The second-order valence-electron chi connectivity index (χ2n) is 4.02. The maximum absolute atomic E-state index is 11.8. The number of carbonyl (C=O) groups is 2. The Morgan fingerprint density at radius 2 is 1.95 bits per heavy atom. The van der Waals surface area contributed by atoms with Crippen LogP contribution in [0.2, 0.25) is 5.02 Å². The molecular weight excluding hydrogens is 270 g/mol. The Morgan fingerprint density at radius 3 is 2.42 bits per heavy atom. The first-order valence-electron chi connectivity index (χ1n) is 5.89. The summed E-state index contributed by atoms with van der Waals surface area (Å²) in [6.07, 6.45) is -0.469. The third-order valence-corrected chi connectivity index (χ3v) is 2.77. The van der Waals surface area contributed by atoms with Gasteiger partial charge in [-0.1, -0.05) is 18.5 Å². The molecule has 1 unspecified atom stereocenters. The molecule has 0 aliphatic rings. The summed E-state index contributed by atoms with van der Waals surface area (Å²) in [6, 6.07) is 5.67. The molecule has 19 heavy (non-hydrogen) atoms. The summed E-state index contributed by atoms with van der Waals surface area (Å²) in [5.41, 5.74) is 0. The van der Waals surface area contributed by atoms with E-state index in [2.05, 4.69) is 5.32 Å². The third-order valence-electron chi connectivity index (χ3n) is 2.52. The normalized spacial score (nSPS) is 13.4. The van der Waals surface area contributed by atoms with E-state index in [9.17, 15) is 9.59 Å².